The zero-order chi connectivity index (χ0) is 22.9. The second-order valence-corrected chi connectivity index (χ2v) is 6.82. The molecule has 10 heteroatoms. The fourth-order valence-corrected chi connectivity index (χ4v) is 2.68. The Morgan fingerprint density at radius 2 is 1.72 bits per heavy atom. The number of carbonyl (C=O) groups excluding carboxylic acids is 2. The number of nitrogens with one attached hydrogen (secondary N) is 2. The SMILES string of the molecule is O=C(COc1ccccc1/C=N/NC(=O)c1ccc([N+](=O)[O-])cc1)Nc1ccc(Cl)cc1. The van der Waals surface area contributed by atoms with Crippen LogP contribution in [0.2, 0.25) is 5.02 Å². The van der Waals surface area contributed by atoms with Gasteiger partial charge in [0.05, 0.1) is 11.1 Å². The number of halogens is 1. The van der Waals surface area contributed by atoms with Crippen LogP contribution < -0.4 is 15.5 Å². The van der Waals surface area contributed by atoms with Crippen LogP contribution in [0.1, 0.15) is 15.9 Å². The number of rotatable bonds is 8. The van der Waals surface area contributed by atoms with Gasteiger partial charge in [-0.3, -0.25) is 19.7 Å². The Morgan fingerprint density at radius 1 is 1.03 bits per heavy atom. The highest BCUT2D eigenvalue weighted by Crippen LogP contribution is 2.17. The lowest BCUT2D eigenvalue weighted by molar-refractivity contribution is -0.384. The monoisotopic (exact) mass is 452 g/mol. The number of nitro benzene ring substituents is 1. The van der Waals surface area contributed by atoms with E-state index in [1.54, 1.807) is 48.5 Å². The van der Waals surface area contributed by atoms with Crippen molar-refractivity contribution in [3.63, 3.8) is 0 Å². The molecule has 0 radical (unpaired) electrons. The van der Waals surface area contributed by atoms with Crippen molar-refractivity contribution < 1.29 is 19.2 Å². The zero-order valence-corrected chi connectivity index (χ0v) is 17.3. The molecular formula is C22H17ClN4O5. The summed E-state index contributed by atoms with van der Waals surface area (Å²) in [6, 6.07) is 18.7. The fourth-order valence-electron chi connectivity index (χ4n) is 2.55. The Bertz CT molecular complexity index is 1150. The molecule has 3 aromatic rings. The van der Waals surface area contributed by atoms with Gasteiger partial charge in [-0.2, -0.15) is 5.10 Å². The summed E-state index contributed by atoms with van der Waals surface area (Å²) in [5.74, 6) is -0.491. The van der Waals surface area contributed by atoms with E-state index in [1.165, 1.54) is 30.5 Å². The summed E-state index contributed by atoms with van der Waals surface area (Å²) in [5, 5.41) is 17.8. The number of nitrogens with zero attached hydrogens (tertiary/aromatic N) is 2. The van der Waals surface area contributed by atoms with E-state index in [0.717, 1.165) is 0 Å². The van der Waals surface area contributed by atoms with Crippen molar-refractivity contribution in [3.8, 4) is 5.75 Å². The molecule has 9 nitrogen and oxygen atoms in total. The number of hydrogen-bond acceptors (Lipinski definition) is 6. The number of para-hydroxylation sites is 1. The van der Waals surface area contributed by atoms with Crippen molar-refractivity contribution in [3.05, 3.63) is 99.1 Å². The molecule has 162 valence electrons. The molecule has 0 unspecified atom stereocenters. The van der Waals surface area contributed by atoms with Crippen LogP contribution >= 0.6 is 11.6 Å². The van der Waals surface area contributed by atoms with Gasteiger partial charge in [-0.1, -0.05) is 23.7 Å². The molecule has 0 saturated heterocycles. The van der Waals surface area contributed by atoms with E-state index < -0.39 is 10.8 Å². The first-order valence-corrected chi connectivity index (χ1v) is 9.65. The second-order valence-electron chi connectivity index (χ2n) is 6.38. The molecular weight excluding hydrogens is 436 g/mol. The van der Waals surface area contributed by atoms with Crippen LogP contribution in [-0.2, 0) is 4.79 Å². The van der Waals surface area contributed by atoms with Crippen LogP contribution in [0.5, 0.6) is 5.75 Å². The summed E-state index contributed by atoms with van der Waals surface area (Å²) in [4.78, 5) is 34.4. The Kier molecular flexibility index (Phi) is 7.50. The second kappa shape index (κ2) is 10.7. The highest BCUT2D eigenvalue weighted by Gasteiger charge is 2.09. The summed E-state index contributed by atoms with van der Waals surface area (Å²) in [7, 11) is 0. The normalized spacial score (nSPS) is 10.5. The topological polar surface area (TPSA) is 123 Å². The standard InChI is InChI=1S/C22H17ClN4O5/c23-17-7-9-18(10-8-17)25-21(28)14-32-20-4-2-1-3-16(20)13-24-26-22(29)15-5-11-19(12-6-15)27(30)31/h1-13H,14H2,(H,25,28)(H,26,29)/b24-13+. The third-order valence-corrected chi connectivity index (χ3v) is 4.37. The zero-order valence-electron chi connectivity index (χ0n) is 16.5. The number of carbonyl (C=O) groups is 2. The number of non-ortho nitro benzene ring substituents is 1. The highest BCUT2D eigenvalue weighted by atomic mass is 35.5. The summed E-state index contributed by atoms with van der Waals surface area (Å²) < 4.78 is 5.57. The van der Waals surface area contributed by atoms with Gasteiger partial charge in [0.25, 0.3) is 17.5 Å². The summed E-state index contributed by atoms with van der Waals surface area (Å²) in [5.41, 5.74) is 3.57. The number of anilines is 1. The van der Waals surface area contributed by atoms with Crippen LogP contribution in [0.4, 0.5) is 11.4 Å². The molecule has 3 aromatic carbocycles. The molecule has 0 aliphatic heterocycles. The molecule has 0 atom stereocenters. The van der Waals surface area contributed by atoms with Gasteiger partial charge in [-0.25, -0.2) is 5.43 Å². The average molecular weight is 453 g/mol. The van der Waals surface area contributed by atoms with Gasteiger partial charge in [0.2, 0.25) is 0 Å². The number of ether oxygens (including phenoxy) is 1. The van der Waals surface area contributed by atoms with Crippen molar-refractivity contribution in [1.82, 2.24) is 5.43 Å². The van der Waals surface area contributed by atoms with Gasteiger partial charge >= 0.3 is 0 Å². The van der Waals surface area contributed by atoms with E-state index in [9.17, 15) is 19.7 Å². The summed E-state index contributed by atoms with van der Waals surface area (Å²) in [6.07, 6.45) is 1.37. The van der Waals surface area contributed by atoms with Crippen LogP contribution in [0.15, 0.2) is 77.9 Å². The average Bonchev–Trinajstić information content (AvgIpc) is 2.80. The highest BCUT2D eigenvalue weighted by molar-refractivity contribution is 6.30. The predicted octanol–water partition coefficient (Wildman–Crippen LogP) is 4.03. The Balaban J connectivity index is 1.56. The number of hydrogen-bond donors (Lipinski definition) is 2. The largest absolute Gasteiger partial charge is 0.483 e. The minimum absolute atomic E-state index is 0.115. The molecule has 0 aliphatic rings. The Labute approximate surface area is 187 Å². The molecule has 0 heterocycles. The molecule has 0 fully saturated rings. The lowest BCUT2D eigenvalue weighted by Crippen LogP contribution is -2.20. The number of hydrazone groups is 1. The first-order valence-electron chi connectivity index (χ1n) is 9.27. The number of amides is 2. The Morgan fingerprint density at radius 3 is 2.41 bits per heavy atom. The maximum atomic E-state index is 12.1. The van der Waals surface area contributed by atoms with Gasteiger partial charge in [0.1, 0.15) is 5.75 Å². The molecule has 0 aromatic heterocycles. The third-order valence-electron chi connectivity index (χ3n) is 4.12. The van der Waals surface area contributed by atoms with Crippen molar-refractivity contribution in [2.45, 2.75) is 0 Å². The van der Waals surface area contributed by atoms with E-state index in [1.807, 2.05) is 0 Å². The smallest absolute Gasteiger partial charge is 0.271 e. The van der Waals surface area contributed by atoms with Crippen LogP contribution in [0.3, 0.4) is 0 Å². The van der Waals surface area contributed by atoms with Crippen molar-refractivity contribution in [1.29, 1.82) is 0 Å². The first kappa shape index (κ1) is 22.4. The van der Waals surface area contributed by atoms with Gasteiger partial charge in [0, 0.05) is 34.0 Å². The van der Waals surface area contributed by atoms with Crippen LogP contribution in [-0.4, -0.2) is 29.6 Å². The maximum Gasteiger partial charge on any atom is 0.271 e. The first-order chi connectivity index (χ1) is 15.4. The van der Waals surface area contributed by atoms with Crippen LogP contribution in [0, 0.1) is 10.1 Å². The van der Waals surface area contributed by atoms with E-state index in [-0.39, 0.29) is 23.8 Å². The third kappa shape index (κ3) is 6.38. The van der Waals surface area contributed by atoms with E-state index in [2.05, 4.69) is 15.8 Å². The molecule has 0 saturated carbocycles. The summed E-state index contributed by atoms with van der Waals surface area (Å²) >= 11 is 5.82. The molecule has 0 bridgehead atoms. The van der Waals surface area contributed by atoms with Gasteiger partial charge in [0.15, 0.2) is 6.61 Å². The van der Waals surface area contributed by atoms with E-state index in [4.69, 9.17) is 16.3 Å². The molecule has 2 amide bonds. The lowest BCUT2D eigenvalue weighted by Gasteiger charge is -2.09. The van der Waals surface area contributed by atoms with Crippen molar-refractivity contribution in [2.75, 3.05) is 11.9 Å². The minimum Gasteiger partial charge on any atom is -0.483 e. The van der Waals surface area contributed by atoms with Crippen LogP contribution in [0.25, 0.3) is 0 Å². The number of benzene rings is 3. The van der Waals surface area contributed by atoms with E-state index in [0.29, 0.717) is 22.0 Å². The molecule has 3 rings (SSSR count). The number of nitro groups is 1. The lowest BCUT2D eigenvalue weighted by atomic mass is 10.2. The van der Waals surface area contributed by atoms with Gasteiger partial charge in [-0.15, -0.1) is 0 Å². The van der Waals surface area contributed by atoms with Gasteiger partial charge in [-0.05, 0) is 48.5 Å². The summed E-state index contributed by atoms with van der Waals surface area (Å²) in [6.45, 7) is -0.233. The van der Waals surface area contributed by atoms with Crippen molar-refractivity contribution in [2.24, 2.45) is 5.10 Å². The van der Waals surface area contributed by atoms with E-state index >= 15 is 0 Å². The quantitative estimate of drug-likeness (QED) is 0.303. The van der Waals surface area contributed by atoms with Gasteiger partial charge < -0.3 is 10.1 Å². The predicted molar refractivity (Wildman–Crippen MR) is 120 cm³/mol. The molecule has 0 aliphatic carbocycles. The minimum atomic E-state index is -0.549. The maximum absolute atomic E-state index is 12.1. The molecule has 2 N–H and O–H groups in total. The molecule has 0 spiro atoms. The molecule has 32 heavy (non-hydrogen) atoms. The van der Waals surface area contributed by atoms with Crippen molar-refractivity contribution >= 4 is 41.0 Å². The Hall–Kier alpha value is -4.24. The fraction of sp³-hybridized carbons (Fsp3) is 0.0455.